The minimum atomic E-state index is -0.459. The van der Waals surface area contributed by atoms with Gasteiger partial charge in [-0.2, -0.15) is 4.98 Å². The van der Waals surface area contributed by atoms with E-state index in [4.69, 9.17) is 4.74 Å². The van der Waals surface area contributed by atoms with Gasteiger partial charge in [-0.3, -0.25) is 10.1 Å². The Morgan fingerprint density at radius 3 is 3.00 bits per heavy atom. The van der Waals surface area contributed by atoms with Crippen LogP contribution in [-0.4, -0.2) is 23.1 Å². The third-order valence-electron chi connectivity index (χ3n) is 2.16. The molecule has 98 valence electrons. The Balaban J connectivity index is 2.75. The highest BCUT2D eigenvalue weighted by Crippen LogP contribution is 2.22. The molecule has 0 spiro atoms. The van der Waals surface area contributed by atoms with Crippen LogP contribution in [0.1, 0.15) is 19.8 Å². The number of nitrogens with one attached hydrogen (secondary N) is 1. The predicted octanol–water partition coefficient (Wildman–Crippen LogP) is 2.77. The Morgan fingerprint density at radius 2 is 2.39 bits per heavy atom. The van der Waals surface area contributed by atoms with E-state index in [1.54, 1.807) is 6.08 Å². The maximum Gasteiger partial charge on any atom is 0.278 e. The molecule has 0 unspecified atom stereocenters. The Morgan fingerprint density at radius 1 is 1.61 bits per heavy atom. The number of aromatic nitrogens is 1. The molecule has 1 rings (SSSR count). The van der Waals surface area contributed by atoms with Gasteiger partial charge in [-0.15, -0.1) is 6.58 Å². The lowest BCUT2D eigenvalue weighted by Crippen LogP contribution is -2.04. The molecule has 6 heteroatoms. The fourth-order valence-electron chi connectivity index (χ4n) is 1.35. The molecule has 1 aromatic heterocycles. The molecule has 6 nitrogen and oxygen atoms in total. The number of allylic oxidation sites excluding steroid dienone is 1. The van der Waals surface area contributed by atoms with Gasteiger partial charge in [-0.05, 0) is 19.8 Å². The van der Waals surface area contributed by atoms with Crippen LogP contribution in [0.15, 0.2) is 24.8 Å². The summed E-state index contributed by atoms with van der Waals surface area (Å²) in [6, 6.07) is 2.72. The normalized spacial score (nSPS) is 9.83. The highest BCUT2D eigenvalue weighted by atomic mass is 16.6. The molecule has 0 fully saturated rings. The largest absolute Gasteiger partial charge is 0.477 e. The van der Waals surface area contributed by atoms with Gasteiger partial charge < -0.3 is 10.1 Å². The Bertz CT molecular complexity index is 421. The van der Waals surface area contributed by atoms with Gasteiger partial charge in [0.25, 0.3) is 5.69 Å². The summed E-state index contributed by atoms with van der Waals surface area (Å²) in [7, 11) is 0. The first-order chi connectivity index (χ1) is 8.67. The van der Waals surface area contributed by atoms with Gasteiger partial charge in [-0.1, -0.05) is 6.08 Å². The average Bonchev–Trinajstić information content (AvgIpc) is 2.35. The van der Waals surface area contributed by atoms with Gasteiger partial charge in [0, 0.05) is 6.54 Å². The van der Waals surface area contributed by atoms with Gasteiger partial charge in [0.15, 0.2) is 0 Å². The third kappa shape index (κ3) is 4.40. The Kier molecular flexibility index (Phi) is 5.63. The number of pyridine rings is 1. The molecule has 0 bridgehead atoms. The molecular weight excluding hydrogens is 234 g/mol. The monoisotopic (exact) mass is 251 g/mol. The number of anilines is 1. The van der Waals surface area contributed by atoms with E-state index in [2.05, 4.69) is 16.9 Å². The van der Waals surface area contributed by atoms with E-state index in [0.29, 0.717) is 19.0 Å². The second-order valence-corrected chi connectivity index (χ2v) is 3.62. The van der Waals surface area contributed by atoms with E-state index in [1.165, 1.54) is 12.1 Å². The molecular formula is C12H17N3O3. The fourth-order valence-corrected chi connectivity index (χ4v) is 1.35. The van der Waals surface area contributed by atoms with Crippen LogP contribution < -0.4 is 10.1 Å². The number of rotatable bonds is 8. The molecule has 0 radical (unpaired) electrons. The van der Waals surface area contributed by atoms with Crippen molar-refractivity contribution in [1.29, 1.82) is 0 Å². The number of hydrogen-bond acceptors (Lipinski definition) is 5. The molecule has 0 amide bonds. The first-order valence-electron chi connectivity index (χ1n) is 5.81. The first-order valence-corrected chi connectivity index (χ1v) is 5.81. The molecule has 0 aliphatic heterocycles. The standard InChI is InChI=1S/C12H17N3O3/c1-3-5-6-7-18-12-9-10(15(16)17)8-11(14-12)13-4-2/h3,8-9H,1,4-7H2,2H3,(H,13,14). The molecule has 0 aromatic carbocycles. The van der Waals surface area contributed by atoms with E-state index in [1.807, 2.05) is 6.92 Å². The zero-order valence-electron chi connectivity index (χ0n) is 10.4. The van der Waals surface area contributed by atoms with E-state index >= 15 is 0 Å². The predicted molar refractivity (Wildman–Crippen MR) is 70.0 cm³/mol. The van der Waals surface area contributed by atoms with Crippen LogP contribution in [0, 0.1) is 10.1 Å². The summed E-state index contributed by atoms with van der Waals surface area (Å²) < 4.78 is 5.38. The van der Waals surface area contributed by atoms with Crippen LogP contribution in [0.3, 0.4) is 0 Å². The van der Waals surface area contributed by atoms with Gasteiger partial charge in [0.1, 0.15) is 5.82 Å². The molecule has 0 atom stereocenters. The summed E-state index contributed by atoms with van der Waals surface area (Å²) in [6.07, 6.45) is 3.45. The van der Waals surface area contributed by atoms with E-state index < -0.39 is 4.92 Å². The minimum absolute atomic E-state index is 0.0281. The minimum Gasteiger partial charge on any atom is -0.477 e. The maximum atomic E-state index is 10.8. The van der Waals surface area contributed by atoms with Crippen molar-refractivity contribution in [3.8, 4) is 5.88 Å². The van der Waals surface area contributed by atoms with Crippen LogP contribution in [0.5, 0.6) is 5.88 Å². The SMILES string of the molecule is C=CCCCOc1cc([N+](=O)[O-])cc(NCC)n1. The van der Waals surface area contributed by atoms with Crippen molar-refractivity contribution in [3.05, 3.63) is 34.9 Å². The zero-order chi connectivity index (χ0) is 13.4. The van der Waals surface area contributed by atoms with Crippen LogP contribution in [0.25, 0.3) is 0 Å². The van der Waals surface area contributed by atoms with E-state index in [0.717, 1.165) is 12.8 Å². The molecule has 0 aliphatic carbocycles. The Hall–Kier alpha value is -2.11. The number of nitrogens with zero attached hydrogens (tertiary/aromatic N) is 2. The van der Waals surface area contributed by atoms with Crippen molar-refractivity contribution in [2.75, 3.05) is 18.5 Å². The lowest BCUT2D eigenvalue weighted by molar-refractivity contribution is -0.384. The summed E-state index contributed by atoms with van der Waals surface area (Å²) in [5, 5.41) is 13.7. The van der Waals surface area contributed by atoms with Gasteiger partial charge in [0.05, 0.1) is 23.7 Å². The van der Waals surface area contributed by atoms with E-state index in [9.17, 15) is 10.1 Å². The van der Waals surface area contributed by atoms with Crippen LogP contribution in [-0.2, 0) is 0 Å². The topological polar surface area (TPSA) is 77.3 Å². The molecule has 18 heavy (non-hydrogen) atoms. The van der Waals surface area contributed by atoms with Crippen molar-refractivity contribution < 1.29 is 9.66 Å². The summed E-state index contributed by atoms with van der Waals surface area (Å²) >= 11 is 0. The van der Waals surface area contributed by atoms with Crippen molar-refractivity contribution in [1.82, 2.24) is 4.98 Å². The van der Waals surface area contributed by atoms with Gasteiger partial charge in [0.2, 0.25) is 5.88 Å². The summed E-state index contributed by atoms with van der Waals surface area (Å²) in [6.45, 7) is 6.61. The van der Waals surface area contributed by atoms with Crippen molar-refractivity contribution in [2.45, 2.75) is 19.8 Å². The zero-order valence-corrected chi connectivity index (χ0v) is 10.4. The quantitative estimate of drug-likeness (QED) is 0.332. The second-order valence-electron chi connectivity index (χ2n) is 3.62. The van der Waals surface area contributed by atoms with Crippen molar-refractivity contribution in [2.24, 2.45) is 0 Å². The molecule has 1 aromatic rings. The average molecular weight is 251 g/mol. The molecule has 1 N–H and O–H groups in total. The summed E-state index contributed by atoms with van der Waals surface area (Å²) in [4.78, 5) is 14.4. The van der Waals surface area contributed by atoms with Gasteiger partial charge in [-0.25, -0.2) is 0 Å². The van der Waals surface area contributed by atoms with Crippen molar-refractivity contribution >= 4 is 11.5 Å². The van der Waals surface area contributed by atoms with Crippen molar-refractivity contribution in [3.63, 3.8) is 0 Å². The highest BCUT2D eigenvalue weighted by molar-refractivity contribution is 5.48. The number of nitro groups is 1. The highest BCUT2D eigenvalue weighted by Gasteiger charge is 2.11. The summed E-state index contributed by atoms with van der Waals surface area (Å²) in [5.41, 5.74) is -0.0281. The molecule has 0 aliphatic rings. The molecule has 0 saturated carbocycles. The van der Waals surface area contributed by atoms with Crippen LogP contribution in [0.4, 0.5) is 11.5 Å². The number of unbranched alkanes of at least 4 members (excludes halogenated alkanes) is 1. The molecule has 0 saturated heterocycles. The smallest absolute Gasteiger partial charge is 0.278 e. The molecule has 1 heterocycles. The number of ether oxygens (including phenoxy) is 1. The number of hydrogen-bond donors (Lipinski definition) is 1. The lowest BCUT2D eigenvalue weighted by Gasteiger charge is -2.07. The van der Waals surface area contributed by atoms with Gasteiger partial charge >= 0.3 is 0 Å². The fraction of sp³-hybridized carbons (Fsp3) is 0.417. The van der Waals surface area contributed by atoms with E-state index in [-0.39, 0.29) is 11.6 Å². The van der Waals surface area contributed by atoms with Crippen LogP contribution in [0.2, 0.25) is 0 Å². The Labute approximate surface area is 106 Å². The maximum absolute atomic E-state index is 10.8. The third-order valence-corrected chi connectivity index (χ3v) is 2.16. The second kappa shape index (κ2) is 7.26. The van der Waals surface area contributed by atoms with Crippen LogP contribution >= 0.6 is 0 Å². The first kappa shape index (κ1) is 14.0. The lowest BCUT2D eigenvalue weighted by atomic mass is 10.3. The summed E-state index contributed by atoms with van der Waals surface area (Å²) in [5.74, 6) is 0.717.